The Kier molecular flexibility index (Phi) is 8.15. The van der Waals surface area contributed by atoms with E-state index in [4.69, 9.17) is 9.47 Å². The zero-order valence-electron chi connectivity index (χ0n) is 17.1. The number of aliphatic imine (C=N–C) groups is 1. The van der Waals surface area contributed by atoms with E-state index in [2.05, 4.69) is 44.8 Å². The van der Waals surface area contributed by atoms with E-state index in [1.165, 1.54) is 17.8 Å². The van der Waals surface area contributed by atoms with E-state index in [0.29, 0.717) is 25.6 Å². The highest BCUT2D eigenvalue weighted by Crippen LogP contribution is 2.29. The Labute approximate surface area is 193 Å². The van der Waals surface area contributed by atoms with Crippen LogP contribution in [0.15, 0.2) is 47.5 Å². The molecule has 1 fully saturated rings. The Bertz CT molecular complexity index is 866. The minimum Gasteiger partial charge on any atom is -0.467 e. The lowest BCUT2D eigenvalue weighted by Crippen LogP contribution is -2.45. The minimum atomic E-state index is -0.262. The second kappa shape index (κ2) is 10.8. The van der Waals surface area contributed by atoms with Gasteiger partial charge in [-0.2, -0.15) is 0 Å². The van der Waals surface area contributed by atoms with Gasteiger partial charge >= 0.3 is 0 Å². The maximum atomic E-state index is 13.9. The molecule has 2 aromatic carbocycles. The van der Waals surface area contributed by atoms with Crippen LogP contribution >= 0.6 is 24.0 Å². The van der Waals surface area contributed by atoms with Gasteiger partial charge in [-0.15, -0.1) is 24.0 Å². The third-order valence-electron chi connectivity index (χ3n) is 5.31. The summed E-state index contributed by atoms with van der Waals surface area (Å²) in [7, 11) is 1.77. The lowest BCUT2D eigenvalue weighted by atomic mass is 10.1. The Morgan fingerprint density at radius 1 is 1.27 bits per heavy atom. The predicted octanol–water partition coefficient (Wildman–Crippen LogP) is 3.30. The van der Waals surface area contributed by atoms with Crippen molar-refractivity contribution < 1.29 is 13.9 Å². The van der Waals surface area contributed by atoms with Crippen molar-refractivity contribution in [1.82, 2.24) is 10.6 Å². The van der Waals surface area contributed by atoms with Gasteiger partial charge in [0.25, 0.3) is 0 Å². The van der Waals surface area contributed by atoms with Crippen LogP contribution in [-0.4, -0.2) is 45.5 Å². The van der Waals surface area contributed by atoms with Crippen molar-refractivity contribution in [1.29, 1.82) is 0 Å². The number of hydrogen-bond donors (Lipinski definition) is 2. The molecule has 2 aromatic rings. The largest absolute Gasteiger partial charge is 0.467 e. The normalized spacial score (nSPS) is 18.3. The zero-order chi connectivity index (χ0) is 20.1. The average molecular weight is 526 g/mol. The average Bonchev–Trinajstić information content (AvgIpc) is 3.22. The molecule has 30 heavy (non-hydrogen) atoms. The molecule has 0 spiro atoms. The van der Waals surface area contributed by atoms with Crippen LogP contribution in [0.2, 0.25) is 0 Å². The van der Waals surface area contributed by atoms with Crippen LogP contribution in [0.4, 0.5) is 10.1 Å². The van der Waals surface area contributed by atoms with Crippen LogP contribution in [0.3, 0.4) is 0 Å². The monoisotopic (exact) mass is 526 g/mol. The summed E-state index contributed by atoms with van der Waals surface area (Å²) >= 11 is 0. The van der Waals surface area contributed by atoms with Crippen LogP contribution < -0.4 is 20.3 Å². The van der Waals surface area contributed by atoms with Crippen molar-refractivity contribution in [2.75, 3.05) is 38.4 Å². The maximum Gasteiger partial charge on any atom is 0.191 e. The molecule has 6 nitrogen and oxygen atoms in total. The summed E-state index contributed by atoms with van der Waals surface area (Å²) in [6.07, 6.45) is 1.70. The molecule has 2 N–H and O–H groups in total. The number of anilines is 1. The number of halogens is 2. The van der Waals surface area contributed by atoms with Gasteiger partial charge in [0.05, 0.1) is 6.61 Å². The molecular weight excluding hydrogens is 498 g/mol. The molecule has 1 atom stereocenters. The topological polar surface area (TPSA) is 58.1 Å². The Morgan fingerprint density at radius 2 is 2.10 bits per heavy atom. The second-order valence-corrected chi connectivity index (χ2v) is 7.32. The summed E-state index contributed by atoms with van der Waals surface area (Å²) in [5.41, 5.74) is 2.86. The molecule has 4 rings (SSSR count). The van der Waals surface area contributed by atoms with E-state index in [9.17, 15) is 4.39 Å². The van der Waals surface area contributed by atoms with Crippen molar-refractivity contribution in [2.24, 2.45) is 4.99 Å². The predicted molar refractivity (Wildman–Crippen MR) is 127 cm³/mol. The van der Waals surface area contributed by atoms with Crippen molar-refractivity contribution in [3.63, 3.8) is 0 Å². The molecule has 2 aliphatic heterocycles. The van der Waals surface area contributed by atoms with Crippen molar-refractivity contribution in [2.45, 2.75) is 25.5 Å². The van der Waals surface area contributed by atoms with E-state index in [0.717, 1.165) is 42.3 Å². The van der Waals surface area contributed by atoms with Crippen LogP contribution in [0.1, 0.15) is 17.5 Å². The summed E-state index contributed by atoms with van der Waals surface area (Å²) in [4.78, 5) is 6.71. The summed E-state index contributed by atoms with van der Waals surface area (Å²) in [6, 6.07) is 13.8. The first-order valence-electron chi connectivity index (χ1n) is 10.0. The molecule has 2 heterocycles. The van der Waals surface area contributed by atoms with Crippen molar-refractivity contribution in [3.8, 4) is 5.75 Å². The van der Waals surface area contributed by atoms with Gasteiger partial charge in [0, 0.05) is 44.0 Å². The van der Waals surface area contributed by atoms with Crippen molar-refractivity contribution >= 4 is 35.6 Å². The summed E-state index contributed by atoms with van der Waals surface area (Å²) < 4.78 is 24.7. The fourth-order valence-electron chi connectivity index (χ4n) is 3.90. The number of guanidine groups is 1. The number of fused-ring (bicyclic) bond motifs is 1. The van der Waals surface area contributed by atoms with Crippen LogP contribution in [0.5, 0.6) is 5.75 Å². The molecule has 8 heteroatoms. The van der Waals surface area contributed by atoms with Gasteiger partial charge in [-0.3, -0.25) is 4.99 Å². The molecule has 0 bridgehead atoms. The van der Waals surface area contributed by atoms with Gasteiger partial charge in [0.1, 0.15) is 11.6 Å². The molecule has 1 unspecified atom stereocenters. The van der Waals surface area contributed by atoms with Crippen LogP contribution in [0.25, 0.3) is 0 Å². The first-order valence-corrected chi connectivity index (χ1v) is 10.0. The van der Waals surface area contributed by atoms with Gasteiger partial charge in [-0.05, 0) is 42.7 Å². The smallest absolute Gasteiger partial charge is 0.191 e. The maximum absolute atomic E-state index is 13.9. The third kappa shape index (κ3) is 5.54. The molecule has 0 amide bonds. The number of benzene rings is 2. The van der Waals surface area contributed by atoms with E-state index < -0.39 is 0 Å². The fraction of sp³-hybridized carbons (Fsp3) is 0.409. The lowest BCUT2D eigenvalue weighted by Gasteiger charge is -2.22. The van der Waals surface area contributed by atoms with E-state index >= 15 is 0 Å². The van der Waals surface area contributed by atoms with E-state index in [1.54, 1.807) is 7.05 Å². The van der Waals surface area contributed by atoms with Gasteiger partial charge in [-0.1, -0.05) is 18.2 Å². The Balaban J connectivity index is 0.00000256. The van der Waals surface area contributed by atoms with Gasteiger partial charge in [0.2, 0.25) is 0 Å². The molecule has 162 valence electrons. The Morgan fingerprint density at radius 3 is 2.90 bits per heavy atom. The number of para-hydroxylation sites is 1. The first-order chi connectivity index (χ1) is 14.2. The third-order valence-corrected chi connectivity index (χ3v) is 5.31. The second-order valence-electron chi connectivity index (χ2n) is 7.32. The van der Waals surface area contributed by atoms with E-state index in [-0.39, 0.29) is 36.6 Å². The molecule has 0 radical (unpaired) electrons. The highest BCUT2D eigenvalue weighted by molar-refractivity contribution is 14.0. The molecular formula is C22H28FIN4O2. The highest BCUT2D eigenvalue weighted by Gasteiger charge is 2.23. The van der Waals surface area contributed by atoms with Gasteiger partial charge in [-0.25, -0.2) is 4.39 Å². The number of rotatable bonds is 5. The quantitative estimate of drug-likeness (QED) is 0.356. The van der Waals surface area contributed by atoms with Crippen LogP contribution in [-0.2, 0) is 17.8 Å². The molecule has 1 saturated heterocycles. The standard InChI is InChI=1S/C22H27FN4O2.HI/c1-24-22(26-19-8-10-27(13-19)20-5-3-2-4-6-20)25-9-7-16-11-18(23)12-17-14-28-15-29-21(16)17;/h2-6,11-12,19H,7-10,13-15H2,1H3,(H2,24,25,26);1H. The molecule has 2 aliphatic rings. The minimum absolute atomic E-state index is 0. The number of hydrogen-bond acceptors (Lipinski definition) is 4. The zero-order valence-corrected chi connectivity index (χ0v) is 19.4. The number of nitrogens with zero attached hydrogens (tertiary/aromatic N) is 2. The Hall–Kier alpha value is -2.07. The number of ether oxygens (including phenoxy) is 2. The fourth-order valence-corrected chi connectivity index (χ4v) is 3.90. The molecule has 0 saturated carbocycles. The molecule has 0 aromatic heterocycles. The summed E-state index contributed by atoms with van der Waals surface area (Å²) in [6.45, 7) is 3.19. The number of nitrogens with one attached hydrogen (secondary N) is 2. The lowest BCUT2D eigenvalue weighted by molar-refractivity contribution is -0.0172. The van der Waals surface area contributed by atoms with Crippen LogP contribution in [0, 0.1) is 5.82 Å². The molecule has 0 aliphatic carbocycles. The van der Waals surface area contributed by atoms with Gasteiger partial charge in [0.15, 0.2) is 12.8 Å². The first kappa shape index (κ1) is 22.6. The summed E-state index contributed by atoms with van der Waals surface area (Å²) in [5, 5.41) is 6.83. The van der Waals surface area contributed by atoms with Gasteiger partial charge < -0.3 is 25.0 Å². The SMILES string of the molecule is CN=C(NCCc1cc(F)cc2c1OCOC2)NC1CCN(c2ccccc2)C1.I. The van der Waals surface area contributed by atoms with E-state index in [1.807, 2.05) is 6.07 Å². The van der Waals surface area contributed by atoms with Crippen molar-refractivity contribution in [3.05, 3.63) is 59.4 Å². The highest BCUT2D eigenvalue weighted by atomic mass is 127. The summed E-state index contributed by atoms with van der Waals surface area (Å²) in [5.74, 6) is 1.25.